The Morgan fingerprint density at radius 2 is 2.05 bits per heavy atom. The van der Waals surface area contributed by atoms with E-state index in [1.54, 1.807) is 0 Å². The third-order valence-electron chi connectivity index (χ3n) is 6.44. The van der Waals surface area contributed by atoms with Crippen LogP contribution in [0.1, 0.15) is 31.4 Å². The van der Waals surface area contributed by atoms with Crippen LogP contribution in [0.25, 0.3) is 0 Å². The van der Waals surface area contributed by atoms with Crippen molar-refractivity contribution in [1.29, 1.82) is 0 Å². The van der Waals surface area contributed by atoms with E-state index in [2.05, 4.69) is 36.3 Å². The third kappa shape index (κ3) is 6.23. The second-order valence-corrected chi connectivity index (χ2v) is 12.1. The molecule has 0 radical (unpaired) electrons. The van der Waals surface area contributed by atoms with E-state index < -0.39 is 41.7 Å². The number of hydrogen-bond acceptors (Lipinski definition) is 14. The summed E-state index contributed by atoms with van der Waals surface area (Å²) in [5, 5.41) is 40.2. The zero-order valence-corrected chi connectivity index (χ0v) is 24.0. The molecule has 2 fully saturated rings. The van der Waals surface area contributed by atoms with Crippen molar-refractivity contribution in [2.24, 2.45) is 5.16 Å². The van der Waals surface area contributed by atoms with Crippen LogP contribution in [0.5, 0.6) is 0 Å². The molecule has 5 rings (SSSR count). The lowest BCUT2D eigenvalue weighted by Crippen LogP contribution is -2.71. The second-order valence-electron chi connectivity index (χ2n) is 9.17. The van der Waals surface area contributed by atoms with E-state index in [4.69, 9.17) is 9.94 Å². The maximum absolute atomic E-state index is 13.3. The number of carbonyl (C=O) groups is 5. The monoisotopic (exact) mass is 637 g/mol. The predicted molar refractivity (Wildman–Crippen MR) is 148 cm³/mol. The number of nitrogens with one attached hydrogen (secondary N) is 2. The Bertz CT molecular complexity index is 1470. The van der Waals surface area contributed by atoms with Crippen molar-refractivity contribution >= 4 is 75.9 Å². The maximum Gasteiger partial charge on any atom is 0.352 e. The van der Waals surface area contributed by atoms with Gasteiger partial charge in [0, 0.05) is 16.9 Å². The number of amides is 3. The predicted octanol–water partition coefficient (Wildman–Crippen LogP) is -0.0233. The van der Waals surface area contributed by atoms with Gasteiger partial charge in [0.25, 0.3) is 11.8 Å². The number of carbonyl (C=O) groups excluding carboxylic acids is 3. The van der Waals surface area contributed by atoms with Crippen molar-refractivity contribution in [3.05, 3.63) is 22.3 Å². The first-order chi connectivity index (χ1) is 20.3. The molecule has 4 N–H and O–H groups in total. The van der Waals surface area contributed by atoms with Crippen LogP contribution in [0.2, 0.25) is 0 Å². The standard InChI is InChI=1S/C22H23N9O8S3/c32-9-23-21-24-12(8-41-21)14(27-39-11-3-1-2-4-11)17(35)25-15-18(36)31-16(20(37)38)10(6-40-19(15)31)7-42-22-26-28-29-30(22)5-13(33)34/h8-9,11,15,19H,1-7H2,(H,25,35)(H,33,34)(H,37,38)(H,23,24,32)/t15?,19-/m0/s1. The lowest BCUT2D eigenvalue weighted by Gasteiger charge is -2.49. The minimum absolute atomic E-state index is 0.0957. The maximum atomic E-state index is 13.3. The van der Waals surface area contributed by atoms with E-state index in [9.17, 15) is 29.1 Å². The molecule has 1 saturated heterocycles. The first kappa shape index (κ1) is 29.5. The van der Waals surface area contributed by atoms with Crippen LogP contribution < -0.4 is 10.6 Å². The van der Waals surface area contributed by atoms with Crippen LogP contribution in [0.15, 0.2) is 27.0 Å². The molecule has 222 valence electrons. The van der Waals surface area contributed by atoms with Crippen LogP contribution in [0.4, 0.5) is 5.13 Å². The molecule has 4 heterocycles. The van der Waals surface area contributed by atoms with Crippen molar-refractivity contribution in [2.75, 3.05) is 16.8 Å². The molecule has 3 aliphatic rings. The van der Waals surface area contributed by atoms with Gasteiger partial charge < -0.3 is 25.7 Å². The van der Waals surface area contributed by atoms with Crippen LogP contribution in [0.3, 0.4) is 0 Å². The van der Waals surface area contributed by atoms with E-state index in [0.29, 0.717) is 12.0 Å². The molecule has 0 spiro atoms. The first-order valence-electron chi connectivity index (χ1n) is 12.5. The summed E-state index contributed by atoms with van der Waals surface area (Å²) in [6.07, 6.45) is 3.85. The highest BCUT2D eigenvalue weighted by atomic mass is 32.2. The molecule has 42 heavy (non-hydrogen) atoms. The fraction of sp³-hybridized carbons (Fsp3) is 0.455. The summed E-state index contributed by atoms with van der Waals surface area (Å²) in [7, 11) is 0. The van der Waals surface area contributed by atoms with Crippen molar-refractivity contribution in [1.82, 2.24) is 35.4 Å². The van der Waals surface area contributed by atoms with Gasteiger partial charge in [0.1, 0.15) is 35.5 Å². The van der Waals surface area contributed by atoms with Gasteiger partial charge in [0.05, 0.1) is 0 Å². The zero-order valence-electron chi connectivity index (χ0n) is 21.5. The quantitative estimate of drug-likeness (QED) is 0.0743. The molecule has 0 aromatic carbocycles. The van der Waals surface area contributed by atoms with Gasteiger partial charge in [-0.05, 0) is 41.7 Å². The molecule has 20 heteroatoms. The number of β-lactam (4-membered cyclic amide) rings is 1. The van der Waals surface area contributed by atoms with Crippen molar-refractivity contribution in [3.63, 3.8) is 0 Å². The Morgan fingerprint density at radius 3 is 2.76 bits per heavy atom. The SMILES string of the molecule is O=CNc1nc(C(=NOC2CCCC2)C(=O)NC2C(=O)N3C(C(=O)O)=C(CSc4nnnn4CC(=O)O)CS[C@@H]23)cs1. The molecule has 3 amide bonds. The van der Waals surface area contributed by atoms with E-state index in [1.807, 2.05) is 0 Å². The van der Waals surface area contributed by atoms with Crippen LogP contribution in [-0.2, 0) is 35.4 Å². The number of aromatic nitrogens is 5. The Hall–Kier alpha value is -4.04. The number of rotatable bonds is 13. The molecule has 1 aliphatic carbocycles. The number of carboxylic acids is 2. The topological polar surface area (TPSA) is 231 Å². The summed E-state index contributed by atoms with van der Waals surface area (Å²) < 4.78 is 1.07. The molecule has 0 bridgehead atoms. The lowest BCUT2D eigenvalue weighted by molar-refractivity contribution is -0.150. The second kappa shape index (κ2) is 12.9. The Morgan fingerprint density at radius 1 is 1.26 bits per heavy atom. The van der Waals surface area contributed by atoms with Crippen molar-refractivity contribution in [3.8, 4) is 0 Å². The van der Waals surface area contributed by atoms with E-state index >= 15 is 0 Å². The Balaban J connectivity index is 1.30. The number of nitrogens with zero attached hydrogens (tertiary/aromatic N) is 7. The molecule has 2 aromatic heterocycles. The normalized spacial score (nSPS) is 20.6. The average molecular weight is 638 g/mol. The van der Waals surface area contributed by atoms with Crippen molar-refractivity contribution in [2.45, 2.75) is 54.9 Å². The van der Waals surface area contributed by atoms with Gasteiger partial charge in [-0.15, -0.1) is 28.2 Å². The number of tetrazole rings is 1. The minimum Gasteiger partial charge on any atom is -0.480 e. The number of thiazole rings is 1. The van der Waals surface area contributed by atoms with Crippen LogP contribution in [0, 0.1) is 0 Å². The van der Waals surface area contributed by atoms with Gasteiger partial charge in [0.15, 0.2) is 10.8 Å². The van der Waals surface area contributed by atoms with Crippen LogP contribution >= 0.6 is 34.9 Å². The Labute approximate surface area is 249 Å². The van der Waals surface area contributed by atoms with E-state index in [0.717, 1.165) is 58.4 Å². The highest BCUT2D eigenvalue weighted by Gasteiger charge is 2.54. The molecular weight excluding hydrogens is 614 g/mol. The number of thioether (sulfide) groups is 2. The van der Waals surface area contributed by atoms with Gasteiger partial charge in [0.2, 0.25) is 11.6 Å². The number of aliphatic carboxylic acids is 2. The molecule has 1 saturated carbocycles. The summed E-state index contributed by atoms with van der Waals surface area (Å²) >= 11 is 3.40. The average Bonchev–Trinajstić information content (AvgIpc) is 3.73. The number of hydrogen-bond donors (Lipinski definition) is 4. The Kier molecular flexibility index (Phi) is 9.02. The molecular formula is C22H23N9O8S3. The number of fused-ring (bicyclic) bond motifs is 1. The highest BCUT2D eigenvalue weighted by molar-refractivity contribution is 8.01. The number of oxime groups is 1. The third-order valence-corrected chi connectivity index (χ3v) is 9.59. The van der Waals surface area contributed by atoms with Gasteiger partial charge in [-0.25, -0.2) is 14.5 Å². The van der Waals surface area contributed by atoms with E-state index in [-0.39, 0.29) is 45.0 Å². The lowest BCUT2D eigenvalue weighted by atomic mass is 10.0. The molecule has 2 atom stereocenters. The number of anilines is 1. The summed E-state index contributed by atoms with van der Waals surface area (Å²) in [6, 6.07) is -1.03. The largest absolute Gasteiger partial charge is 0.480 e. The van der Waals surface area contributed by atoms with Gasteiger partial charge in [-0.2, -0.15) is 0 Å². The number of carboxylic acid groups (broad SMARTS) is 2. The molecule has 2 aliphatic heterocycles. The molecule has 1 unspecified atom stereocenters. The summed E-state index contributed by atoms with van der Waals surface area (Å²) in [4.78, 5) is 71.5. The molecule has 17 nitrogen and oxygen atoms in total. The van der Waals surface area contributed by atoms with Gasteiger partial charge in [-0.1, -0.05) is 16.9 Å². The summed E-state index contributed by atoms with van der Waals surface area (Å²) in [5.41, 5.74) is 0.188. The van der Waals surface area contributed by atoms with E-state index in [1.165, 1.54) is 17.1 Å². The molecule has 2 aromatic rings. The smallest absolute Gasteiger partial charge is 0.352 e. The first-order valence-corrected chi connectivity index (χ1v) is 15.4. The van der Waals surface area contributed by atoms with Crippen LogP contribution in [-0.4, -0.2) is 105 Å². The van der Waals surface area contributed by atoms with Gasteiger partial charge in [-0.3, -0.25) is 24.1 Å². The minimum atomic E-state index is -1.32. The summed E-state index contributed by atoms with van der Waals surface area (Å²) in [5.74, 6) is -3.48. The van der Waals surface area contributed by atoms with Gasteiger partial charge >= 0.3 is 11.9 Å². The summed E-state index contributed by atoms with van der Waals surface area (Å²) in [6.45, 7) is -0.463. The fourth-order valence-corrected chi connectivity index (χ4v) is 7.52. The van der Waals surface area contributed by atoms with Crippen molar-refractivity contribution < 1.29 is 39.0 Å². The zero-order chi connectivity index (χ0) is 29.8. The highest BCUT2D eigenvalue weighted by Crippen LogP contribution is 2.41. The fourth-order valence-electron chi connectivity index (χ4n) is 4.51.